The number of likely N-dealkylation sites (tertiary alicyclic amines) is 1. The zero-order valence-corrected chi connectivity index (χ0v) is 15.4. The van der Waals surface area contributed by atoms with Gasteiger partial charge in [-0.25, -0.2) is 0 Å². The number of H-pyrrole nitrogens is 1. The van der Waals surface area contributed by atoms with Crippen LogP contribution in [0.5, 0.6) is 0 Å². The Morgan fingerprint density at radius 1 is 1.32 bits per heavy atom. The molecule has 25 heavy (non-hydrogen) atoms. The molecule has 1 aliphatic rings. The van der Waals surface area contributed by atoms with Crippen molar-refractivity contribution in [3.63, 3.8) is 0 Å². The normalized spacial score (nSPS) is 16.1. The molecule has 0 atom stereocenters. The van der Waals surface area contributed by atoms with E-state index < -0.39 is 0 Å². The number of carbonyl (C=O) groups is 1. The predicted octanol–water partition coefficient (Wildman–Crippen LogP) is 3.44. The molecule has 1 fully saturated rings. The molecule has 5 nitrogen and oxygen atoms in total. The van der Waals surface area contributed by atoms with E-state index in [0.29, 0.717) is 23.8 Å². The summed E-state index contributed by atoms with van der Waals surface area (Å²) in [5.41, 5.74) is 1.48. The van der Waals surface area contributed by atoms with Gasteiger partial charge in [-0.2, -0.15) is 5.10 Å². The Labute approximate surface area is 154 Å². The Bertz CT molecular complexity index is 680. The Morgan fingerprint density at radius 2 is 2.08 bits per heavy atom. The Morgan fingerprint density at radius 3 is 2.76 bits per heavy atom. The summed E-state index contributed by atoms with van der Waals surface area (Å²) in [6, 6.07) is 9.40. The molecule has 0 bridgehead atoms. The van der Waals surface area contributed by atoms with E-state index in [0.717, 1.165) is 31.1 Å². The number of hydrogen-bond donors (Lipinski definition) is 1. The van der Waals surface area contributed by atoms with Crippen molar-refractivity contribution in [2.75, 3.05) is 26.2 Å². The van der Waals surface area contributed by atoms with Gasteiger partial charge < -0.3 is 9.80 Å². The van der Waals surface area contributed by atoms with E-state index in [9.17, 15) is 4.79 Å². The molecule has 1 N–H and O–H groups in total. The summed E-state index contributed by atoms with van der Waals surface area (Å²) in [4.78, 5) is 17.1. The van der Waals surface area contributed by atoms with E-state index in [1.54, 1.807) is 12.3 Å². The first kappa shape index (κ1) is 18.0. The number of aromatic nitrogens is 2. The minimum absolute atomic E-state index is 0.0391. The number of aromatic amines is 1. The third kappa shape index (κ3) is 4.83. The third-order valence-electron chi connectivity index (χ3n) is 4.90. The highest BCUT2D eigenvalue weighted by Gasteiger charge is 2.21. The molecular formula is C19H25ClN4O. The number of rotatable bonds is 6. The van der Waals surface area contributed by atoms with E-state index in [1.165, 1.54) is 12.8 Å². The van der Waals surface area contributed by atoms with Crippen molar-refractivity contribution in [1.29, 1.82) is 0 Å². The van der Waals surface area contributed by atoms with Crippen LogP contribution < -0.4 is 0 Å². The van der Waals surface area contributed by atoms with E-state index in [4.69, 9.17) is 11.6 Å². The fourth-order valence-electron chi connectivity index (χ4n) is 3.18. The Balaban J connectivity index is 1.68. The van der Waals surface area contributed by atoms with E-state index >= 15 is 0 Å². The maximum absolute atomic E-state index is 12.8. The second kappa shape index (κ2) is 8.50. The first-order chi connectivity index (χ1) is 12.1. The van der Waals surface area contributed by atoms with Gasteiger partial charge in [-0.15, -0.1) is 0 Å². The van der Waals surface area contributed by atoms with Gasteiger partial charge in [0.25, 0.3) is 5.91 Å². The van der Waals surface area contributed by atoms with Gasteiger partial charge in [-0.3, -0.25) is 9.89 Å². The van der Waals surface area contributed by atoms with Crippen LogP contribution in [0.1, 0.15) is 35.8 Å². The second-order valence-corrected chi connectivity index (χ2v) is 7.22. The first-order valence-electron chi connectivity index (χ1n) is 8.88. The minimum atomic E-state index is -0.0391. The summed E-state index contributed by atoms with van der Waals surface area (Å²) in [5.74, 6) is 0.768. The molecule has 134 valence electrons. The molecule has 0 unspecified atom stereocenters. The van der Waals surface area contributed by atoms with Gasteiger partial charge in [0, 0.05) is 30.9 Å². The molecule has 0 saturated carbocycles. The van der Waals surface area contributed by atoms with Crippen LogP contribution >= 0.6 is 11.6 Å². The van der Waals surface area contributed by atoms with Crippen molar-refractivity contribution < 1.29 is 4.79 Å². The molecular weight excluding hydrogens is 336 g/mol. The van der Waals surface area contributed by atoms with Crippen LogP contribution in [0, 0.1) is 5.92 Å². The zero-order chi connectivity index (χ0) is 17.6. The lowest BCUT2D eigenvalue weighted by atomic mass is 9.99. The maximum Gasteiger partial charge on any atom is 0.272 e. The van der Waals surface area contributed by atoms with Crippen LogP contribution in [0.25, 0.3) is 0 Å². The van der Waals surface area contributed by atoms with Crippen molar-refractivity contribution in [2.24, 2.45) is 5.92 Å². The average Bonchev–Trinajstić information content (AvgIpc) is 3.15. The van der Waals surface area contributed by atoms with Crippen LogP contribution in [0.15, 0.2) is 36.5 Å². The van der Waals surface area contributed by atoms with Gasteiger partial charge in [0.1, 0.15) is 5.69 Å². The van der Waals surface area contributed by atoms with Crippen molar-refractivity contribution >= 4 is 17.5 Å². The number of nitrogens with one attached hydrogen (secondary N) is 1. The van der Waals surface area contributed by atoms with E-state index in [2.05, 4.69) is 22.0 Å². The molecule has 0 aliphatic carbocycles. The van der Waals surface area contributed by atoms with Gasteiger partial charge >= 0.3 is 0 Å². The minimum Gasteiger partial charge on any atom is -0.332 e. The van der Waals surface area contributed by atoms with Crippen LogP contribution in [0.3, 0.4) is 0 Å². The molecule has 6 heteroatoms. The third-order valence-corrected chi connectivity index (χ3v) is 5.27. The summed E-state index contributed by atoms with van der Waals surface area (Å²) in [7, 11) is 0. The molecule has 1 amide bonds. The highest BCUT2D eigenvalue weighted by atomic mass is 35.5. The summed E-state index contributed by atoms with van der Waals surface area (Å²) in [5, 5.41) is 7.36. The topological polar surface area (TPSA) is 52.2 Å². The lowest BCUT2D eigenvalue weighted by Crippen LogP contribution is -2.41. The fraction of sp³-hybridized carbons (Fsp3) is 0.474. The predicted molar refractivity (Wildman–Crippen MR) is 99.6 cm³/mol. The summed E-state index contributed by atoms with van der Waals surface area (Å²) in [6.45, 7) is 6.60. The van der Waals surface area contributed by atoms with Crippen molar-refractivity contribution in [3.8, 4) is 0 Å². The number of piperidine rings is 1. The van der Waals surface area contributed by atoms with E-state index in [1.807, 2.05) is 29.2 Å². The molecule has 2 heterocycles. The van der Waals surface area contributed by atoms with Crippen LogP contribution in [0.2, 0.25) is 5.02 Å². The van der Waals surface area contributed by atoms with Crippen molar-refractivity contribution in [3.05, 3.63) is 52.8 Å². The molecule has 1 aromatic carbocycles. The number of halogens is 1. The quantitative estimate of drug-likeness (QED) is 0.858. The summed E-state index contributed by atoms with van der Waals surface area (Å²) in [6.07, 6.45) is 4.07. The Hall–Kier alpha value is -1.85. The van der Waals surface area contributed by atoms with Crippen LogP contribution in [-0.2, 0) is 6.54 Å². The van der Waals surface area contributed by atoms with Crippen LogP contribution in [0.4, 0.5) is 0 Å². The van der Waals surface area contributed by atoms with Gasteiger partial charge in [0.05, 0.1) is 0 Å². The monoisotopic (exact) mass is 360 g/mol. The molecule has 1 aromatic heterocycles. The smallest absolute Gasteiger partial charge is 0.272 e. The molecule has 2 aromatic rings. The average molecular weight is 361 g/mol. The molecule has 1 saturated heterocycles. The zero-order valence-electron chi connectivity index (χ0n) is 14.6. The number of benzene rings is 1. The fourth-order valence-corrected chi connectivity index (χ4v) is 3.37. The second-order valence-electron chi connectivity index (χ2n) is 6.81. The van der Waals surface area contributed by atoms with Gasteiger partial charge in [0.15, 0.2) is 0 Å². The lowest BCUT2D eigenvalue weighted by molar-refractivity contribution is 0.0703. The lowest BCUT2D eigenvalue weighted by Gasteiger charge is -2.32. The largest absolute Gasteiger partial charge is 0.332 e. The first-order valence-corrected chi connectivity index (χ1v) is 9.25. The number of carbonyl (C=O) groups excluding carboxylic acids is 1. The molecule has 0 radical (unpaired) electrons. The number of nitrogens with zero attached hydrogens (tertiary/aromatic N) is 3. The number of hydrogen-bond acceptors (Lipinski definition) is 3. The van der Waals surface area contributed by atoms with Gasteiger partial charge in [-0.1, -0.05) is 36.7 Å². The standard InChI is InChI=1S/C19H25ClN4O/c1-15-7-10-23(11-8-15)12-13-24(19(25)18-6-9-21-22-18)14-16-4-2-3-5-17(16)20/h2-6,9,15H,7-8,10-14H2,1H3,(H,21,22). The van der Waals surface area contributed by atoms with Crippen LogP contribution in [-0.4, -0.2) is 52.1 Å². The highest BCUT2D eigenvalue weighted by molar-refractivity contribution is 6.31. The molecule has 3 rings (SSSR count). The van der Waals surface area contributed by atoms with Crippen molar-refractivity contribution in [1.82, 2.24) is 20.0 Å². The van der Waals surface area contributed by atoms with Gasteiger partial charge in [-0.05, 0) is 49.5 Å². The van der Waals surface area contributed by atoms with Crippen molar-refractivity contribution in [2.45, 2.75) is 26.3 Å². The molecule has 0 spiro atoms. The Kier molecular flexibility index (Phi) is 6.10. The van der Waals surface area contributed by atoms with E-state index in [-0.39, 0.29) is 5.91 Å². The highest BCUT2D eigenvalue weighted by Crippen LogP contribution is 2.19. The number of amides is 1. The SMILES string of the molecule is CC1CCN(CCN(Cc2ccccc2Cl)C(=O)c2ccn[nH]2)CC1. The summed E-state index contributed by atoms with van der Waals surface area (Å²) >= 11 is 6.29. The molecule has 1 aliphatic heterocycles. The maximum atomic E-state index is 12.8. The van der Waals surface area contributed by atoms with Gasteiger partial charge in [0.2, 0.25) is 0 Å². The summed E-state index contributed by atoms with van der Waals surface area (Å²) < 4.78 is 0.